The van der Waals surface area contributed by atoms with E-state index in [-0.39, 0.29) is 0 Å². The Morgan fingerprint density at radius 3 is 2.36 bits per heavy atom. The van der Waals surface area contributed by atoms with Crippen LogP contribution in [0.3, 0.4) is 0 Å². The smallest absolute Gasteiger partial charge is 0.000564 e. The molecule has 1 unspecified atom stereocenters. The summed E-state index contributed by atoms with van der Waals surface area (Å²) in [5.74, 6) is 0. The predicted molar refractivity (Wildman–Crippen MR) is 51.8 cm³/mol. The Morgan fingerprint density at radius 1 is 1.36 bits per heavy atom. The molecule has 0 spiro atoms. The van der Waals surface area contributed by atoms with Crippen LogP contribution >= 0.6 is 0 Å². The van der Waals surface area contributed by atoms with Crippen molar-refractivity contribution in [1.29, 1.82) is 0 Å². The van der Waals surface area contributed by atoms with Gasteiger partial charge in [0, 0.05) is 6.54 Å². The van der Waals surface area contributed by atoms with Gasteiger partial charge in [-0.3, -0.25) is 0 Å². The Kier molecular flexibility index (Phi) is 5.57. The third-order valence-electron chi connectivity index (χ3n) is 2.31. The van der Waals surface area contributed by atoms with Crippen molar-refractivity contribution in [3.8, 4) is 0 Å². The molecule has 1 heteroatoms. The highest BCUT2D eigenvalue weighted by molar-refractivity contribution is 4.82. The molecule has 1 saturated heterocycles. The molecule has 0 aliphatic carbocycles. The van der Waals surface area contributed by atoms with Crippen molar-refractivity contribution >= 4 is 0 Å². The third kappa shape index (κ3) is 3.76. The summed E-state index contributed by atoms with van der Waals surface area (Å²) >= 11 is 0. The molecule has 1 fully saturated rings. The Labute approximate surface area is 71.6 Å². The van der Waals surface area contributed by atoms with Crippen LogP contribution in [0.1, 0.15) is 47.0 Å². The lowest BCUT2D eigenvalue weighted by molar-refractivity contribution is 0.331. The molecule has 0 aromatic rings. The quantitative estimate of drug-likeness (QED) is 0.650. The van der Waals surface area contributed by atoms with Gasteiger partial charge in [0.2, 0.25) is 0 Å². The summed E-state index contributed by atoms with van der Waals surface area (Å²) in [6.45, 7) is 11.1. The van der Waals surface area contributed by atoms with E-state index in [2.05, 4.69) is 19.2 Å². The van der Waals surface area contributed by atoms with Crippen molar-refractivity contribution in [1.82, 2.24) is 5.32 Å². The van der Waals surface area contributed by atoms with Crippen molar-refractivity contribution in [2.24, 2.45) is 5.41 Å². The highest BCUT2D eigenvalue weighted by Gasteiger charge is 2.26. The first-order chi connectivity index (χ1) is 5.27. The van der Waals surface area contributed by atoms with Crippen molar-refractivity contribution in [3.05, 3.63) is 0 Å². The zero-order valence-electron chi connectivity index (χ0n) is 8.54. The fourth-order valence-corrected chi connectivity index (χ4v) is 1.69. The largest absolute Gasteiger partial charge is 0.316 e. The van der Waals surface area contributed by atoms with Crippen LogP contribution in [-0.2, 0) is 0 Å². The second-order valence-electron chi connectivity index (χ2n) is 3.49. The van der Waals surface area contributed by atoms with Gasteiger partial charge in [-0.05, 0) is 24.8 Å². The minimum Gasteiger partial charge on any atom is -0.316 e. The van der Waals surface area contributed by atoms with Gasteiger partial charge in [-0.25, -0.2) is 0 Å². The summed E-state index contributed by atoms with van der Waals surface area (Å²) in [4.78, 5) is 0. The van der Waals surface area contributed by atoms with Crippen LogP contribution in [0.25, 0.3) is 0 Å². The van der Waals surface area contributed by atoms with Gasteiger partial charge < -0.3 is 5.32 Å². The van der Waals surface area contributed by atoms with Gasteiger partial charge >= 0.3 is 0 Å². The Bertz CT molecular complexity index is 82.9. The lowest BCUT2D eigenvalue weighted by Gasteiger charge is -2.20. The second kappa shape index (κ2) is 5.59. The SMILES string of the molecule is CC.CCCC1(C)CCNC1. The molecule has 1 heterocycles. The van der Waals surface area contributed by atoms with E-state index in [1.54, 1.807) is 0 Å². The average molecular weight is 157 g/mol. The van der Waals surface area contributed by atoms with E-state index in [9.17, 15) is 0 Å². The molecule has 0 saturated carbocycles. The van der Waals surface area contributed by atoms with E-state index < -0.39 is 0 Å². The molecule has 0 radical (unpaired) electrons. The normalized spacial score (nSPS) is 29.5. The predicted octanol–water partition coefficient (Wildman–Crippen LogP) is 2.81. The van der Waals surface area contributed by atoms with Crippen molar-refractivity contribution in [3.63, 3.8) is 0 Å². The summed E-state index contributed by atoms with van der Waals surface area (Å²) in [7, 11) is 0. The number of hydrogen-bond acceptors (Lipinski definition) is 1. The molecule has 1 nitrogen and oxygen atoms in total. The van der Waals surface area contributed by atoms with Gasteiger partial charge in [-0.2, -0.15) is 0 Å². The van der Waals surface area contributed by atoms with Gasteiger partial charge in [0.25, 0.3) is 0 Å². The molecule has 1 N–H and O–H groups in total. The summed E-state index contributed by atoms with van der Waals surface area (Å²) in [5, 5.41) is 3.40. The number of hydrogen-bond donors (Lipinski definition) is 1. The zero-order valence-corrected chi connectivity index (χ0v) is 8.54. The summed E-state index contributed by atoms with van der Waals surface area (Å²) in [5.41, 5.74) is 0.634. The van der Waals surface area contributed by atoms with Crippen LogP contribution in [0.4, 0.5) is 0 Å². The third-order valence-corrected chi connectivity index (χ3v) is 2.31. The zero-order chi connectivity index (χ0) is 8.74. The summed E-state index contributed by atoms with van der Waals surface area (Å²) in [6, 6.07) is 0. The Hall–Kier alpha value is -0.0400. The maximum absolute atomic E-state index is 3.40. The van der Waals surface area contributed by atoms with Crippen LogP contribution in [0.2, 0.25) is 0 Å². The summed E-state index contributed by atoms with van der Waals surface area (Å²) < 4.78 is 0. The first-order valence-corrected chi connectivity index (χ1v) is 4.97. The minimum absolute atomic E-state index is 0.634. The van der Waals surface area contributed by atoms with Gasteiger partial charge in [0.1, 0.15) is 0 Å². The topological polar surface area (TPSA) is 12.0 Å². The van der Waals surface area contributed by atoms with Gasteiger partial charge in [0.15, 0.2) is 0 Å². The first kappa shape index (κ1) is 11.0. The van der Waals surface area contributed by atoms with E-state index in [1.165, 1.54) is 32.4 Å². The van der Waals surface area contributed by atoms with Gasteiger partial charge in [-0.1, -0.05) is 34.1 Å². The second-order valence-corrected chi connectivity index (χ2v) is 3.49. The molecule has 0 aromatic heterocycles. The van der Waals surface area contributed by atoms with Crippen molar-refractivity contribution in [2.75, 3.05) is 13.1 Å². The maximum atomic E-state index is 3.40. The Morgan fingerprint density at radius 2 is 2.00 bits per heavy atom. The first-order valence-electron chi connectivity index (χ1n) is 4.97. The fraction of sp³-hybridized carbons (Fsp3) is 1.00. The monoisotopic (exact) mass is 157 g/mol. The van der Waals surface area contributed by atoms with E-state index in [0.717, 1.165) is 0 Å². The summed E-state index contributed by atoms with van der Waals surface area (Å²) in [6.07, 6.45) is 4.10. The molecule has 68 valence electrons. The van der Waals surface area contributed by atoms with E-state index in [0.29, 0.717) is 5.41 Å². The highest BCUT2D eigenvalue weighted by atomic mass is 14.9. The average Bonchev–Trinajstić information content (AvgIpc) is 2.41. The molecule has 1 aliphatic rings. The van der Waals surface area contributed by atoms with Crippen LogP contribution in [0.5, 0.6) is 0 Å². The van der Waals surface area contributed by atoms with E-state index in [1.807, 2.05) is 13.8 Å². The van der Waals surface area contributed by atoms with Crippen LogP contribution in [0, 0.1) is 5.41 Å². The van der Waals surface area contributed by atoms with Crippen LogP contribution < -0.4 is 5.32 Å². The molecule has 0 bridgehead atoms. The molecular weight excluding hydrogens is 134 g/mol. The van der Waals surface area contributed by atoms with Gasteiger partial charge in [-0.15, -0.1) is 0 Å². The van der Waals surface area contributed by atoms with Gasteiger partial charge in [0.05, 0.1) is 0 Å². The molecule has 1 aliphatic heterocycles. The molecular formula is C10H23N. The molecule has 11 heavy (non-hydrogen) atoms. The lowest BCUT2D eigenvalue weighted by atomic mass is 9.85. The van der Waals surface area contributed by atoms with E-state index >= 15 is 0 Å². The molecule has 0 amide bonds. The van der Waals surface area contributed by atoms with E-state index in [4.69, 9.17) is 0 Å². The minimum atomic E-state index is 0.634. The van der Waals surface area contributed by atoms with Crippen molar-refractivity contribution < 1.29 is 0 Å². The lowest BCUT2D eigenvalue weighted by Crippen LogP contribution is -2.19. The number of rotatable bonds is 2. The van der Waals surface area contributed by atoms with Crippen molar-refractivity contribution in [2.45, 2.75) is 47.0 Å². The fourth-order valence-electron chi connectivity index (χ4n) is 1.69. The molecule has 1 rings (SSSR count). The van der Waals surface area contributed by atoms with Crippen LogP contribution in [-0.4, -0.2) is 13.1 Å². The molecule has 1 atom stereocenters. The van der Waals surface area contributed by atoms with Crippen LogP contribution in [0.15, 0.2) is 0 Å². The highest BCUT2D eigenvalue weighted by Crippen LogP contribution is 2.29. The standard InChI is InChI=1S/C8H17N.C2H6/c1-3-4-8(2)5-6-9-7-8;1-2/h9H,3-7H2,1-2H3;1-2H3. The maximum Gasteiger partial charge on any atom is 0.000564 e. The molecule has 0 aromatic carbocycles. The number of nitrogens with one attached hydrogen (secondary N) is 1. The Balaban J connectivity index is 0.000000461.